The molecule has 0 atom stereocenters. The third kappa shape index (κ3) is 3.66. The fourth-order valence-electron chi connectivity index (χ4n) is 3.22. The molecule has 1 aromatic carbocycles. The van der Waals surface area contributed by atoms with Crippen LogP contribution >= 0.6 is 11.8 Å². The number of para-hydroxylation sites is 2. The van der Waals surface area contributed by atoms with Gasteiger partial charge in [-0.2, -0.15) is 8.78 Å². The molecule has 3 aromatic rings. The summed E-state index contributed by atoms with van der Waals surface area (Å²) >= 11 is 0.508. The van der Waals surface area contributed by atoms with E-state index in [0.717, 1.165) is 43.0 Å². The largest absolute Gasteiger partial charge is 0.354 e. The standard InChI is InChI=1S/C18H19F2N5S/c19-17(20)26-18-22-14-5-1-2-6-15(14)25(18)13-23-9-11-24(12-10-23)16-7-3-4-8-21-16/h1-8,17H,9-13H2. The summed E-state index contributed by atoms with van der Waals surface area (Å²) in [5.74, 6) is -1.50. The Morgan fingerprint density at radius 2 is 1.77 bits per heavy atom. The fraction of sp³-hybridized carbons (Fsp3) is 0.333. The Bertz CT molecular complexity index is 862. The molecule has 0 saturated carbocycles. The molecule has 0 amide bonds. The van der Waals surface area contributed by atoms with Crippen molar-refractivity contribution in [1.29, 1.82) is 0 Å². The van der Waals surface area contributed by atoms with Crippen LogP contribution in [0.25, 0.3) is 11.0 Å². The first-order chi connectivity index (χ1) is 12.7. The van der Waals surface area contributed by atoms with Crippen molar-refractivity contribution < 1.29 is 8.78 Å². The third-order valence-electron chi connectivity index (χ3n) is 4.50. The number of aromatic nitrogens is 3. The molecule has 1 aliphatic heterocycles. The van der Waals surface area contributed by atoms with Gasteiger partial charge >= 0.3 is 0 Å². The van der Waals surface area contributed by atoms with Crippen LogP contribution in [0.2, 0.25) is 0 Å². The van der Waals surface area contributed by atoms with Crippen LogP contribution in [0.5, 0.6) is 0 Å². The highest BCUT2D eigenvalue weighted by Gasteiger charge is 2.21. The predicted molar refractivity (Wildman–Crippen MR) is 99.6 cm³/mol. The Morgan fingerprint density at radius 3 is 2.50 bits per heavy atom. The maximum atomic E-state index is 12.9. The average Bonchev–Trinajstić information content (AvgIpc) is 3.00. The lowest BCUT2D eigenvalue weighted by Gasteiger charge is -2.35. The first-order valence-electron chi connectivity index (χ1n) is 8.49. The van der Waals surface area contributed by atoms with Gasteiger partial charge in [-0.25, -0.2) is 9.97 Å². The molecule has 0 bridgehead atoms. The SMILES string of the molecule is FC(F)Sc1nc2ccccc2n1CN1CCN(c2ccccn2)CC1. The number of fused-ring (bicyclic) bond motifs is 1. The number of anilines is 1. The summed E-state index contributed by atoms with van der Waals surface area (Å²) in [5, 5.41) is 0.369. The molecule has 0 spiro atoms. The highest BCUT2D eigenvalue weighted by atomic mass is 32.2. The van der Waals surface area contributed by atoms with Crippen molar-refractivity contribution in [3.8, 4) is 0 Å². The Kier molecular flexibility index (Phi) is 5.03. The number of nitrogens with zero attached hydrogens (tertiary/aromatic N) is 5. The van der Waals surface area contributed by atoms with Gasteiger partial charge < -0.3 is 9.47 Å². The zero-order chi connectivity index (χ0) is 17.9. The Labute approximate surface area is 154 Å². The van der Waals surface area contributed by atoms with Crippen LogP contribution < -0.4 is 4.90 Å². The summed E-state index contributed by atoms with van der Waals surface area (Å²) in [4.78, 5) is 13.3. The number of thioether (sulfide) groups is 1. The molecule has 5 nitrogen and oxygen atoms in total. The van der Waals surface area contributed by atoms with Crippen LogP contribution in [0.4, 0.5) is 14.6 Å². The van der Waals surface area contributed by atoms with Gasteiger partial charge in [-0.1, -0.05) is 18.2 Å². The van der Waals surface area contributed by atoms with E-state index in [2.05, 4.69) is 19.8 Å². The number of alkyl halides is 2. The van der Waals surface area contributed by atoms with Gasteiger partial charge in [0, 0.05) is 32.4 Å². The summed E-state index contributed by atoms with van der Waals surface area (Å²) in [5.41, 5.74) is 1.64. The van der Waals surface area contributed by atoms with E-state index in [1.165, 1.54) is 0 Å². The number of benzene rings is 1. The summed E-state index contributed by atoms with van der Waals surface area (Å²) in [6, 6.07) is 13.5. The maximum Gasteiger partial charge on any atom is 0.291 e. The van der Waals surface area contributed by atoms with Crippen LogP contribution in [0.3, 0.4) is 0 Å². The Hall–Kier alpha value is -2.19. The molecule has 0 radical (unpaired) electrons. The first-order valence-corrected chi connectivity index (χ1v) is 9.37. The van der Waals surface area contributed by atoms with Gasteiger partial charge in [0.05, 0.1) is 17.7 Å². The molecular formula is C18H19F2N5S. The summed E-state index contributed by atoms with van der Waals surface area (Å²) in [7, 11) is 0. The van der Waals surface area contributed by atoms with Crippen molar-refractivity contribution in [3.05, 3.63) is 48.7 Å². The van der Waals surface area contributed by atoms with E-state index < -0.39 is 5.76 Å². The molecule has 136 valence electrons. The molecule has 26 heavy (non-hydrogen) atoms. The highest BCUT2D eigenvalue weighted by molar-refractivity contribution is 7.99. The lowest BCUT2D eigenvalue weighted by molar-refractivity contribution is 0.201. The quantitative estimate of drug-likeness (QED) is 0.638. The smallest absolute Gasteiger partial charge is 0.291 e. The first kappa shape index (κ1) is 17.2. The lowest BCUT2D eigenvalue weighted by atomic mass is 10.3. The van der Waals surface area contributed by atoms with E-state index in [1.807, 2.05) is 47.0 Å². The van der Waals surface area contributed by atoms with Gasteiger partial charge in [-0.05, 0) is 36.0 Å². The number of hydrogen-bond acceptors (Lipinski definition) is 5. The minimum atomic E-state index is -2.48. The second-order valence-electron chi connectivity index (χ2n) is 6.12. The molecule has 8 heteroatoms. The van der Waals surface area contributed by atoms with Crippen LogP contribution in [0.1, 0.15) is 0 Å². The lowest BCUT2D eigenvalue weighted by Crippen LogP contribution is -2.47. The van der Waals surface area contributed by atoms with Crippen molar-refractivity contribution in [1.82, 2.24) is 19.4 Å². The molecule has 1 fully saturated rings. The van der Waals surface area contributed by atoms with Crippen molar-refractivity contribution in [2.75, 3.05) is 31.1 Å². The van der Waals surface area contributed by atoms with E-state index in [4.69, 9.17) is 0 Å². The third-order valence-corrected chi connectivity index (χ3v) is 5.20. The Morgan fingerprint density at radius 1 is 1.00 bits per heavy atom. The minimum Gasteiger partial charge on any atom is -0.354 e. The molecule has 1 saturated heterocycles. The van der Waals surface area contributed by atoms with Gasteiger partial charge in [-0.3, -0.25) is 4.90 Å². The van der Waals surface area contributed by atoms with Crippen molar-refractivity contribution in [3.63, 3.8) is 0 Å². The summed E-state index contributed by atoms with van der Waals surface area (Å²) in [6.45, 7) is 3.98. The van der Waals surface area contributed by atoms with Gasteiger partial charge in [0.25, 0.3) is 5.76 Å². The van der Waals surface area contributed by atoms with Crippen LogP contribution in [0, 0.1) is 0 Å². The summed E-state index contributed by atoms with van der Waals surface area (Å²) in [6.07, 6.45) is 1.80. The number of hydrogen-bond donors (Lipinski definition) is 0. The van der Waals surface area contributed by atoms with E-state index in [-0.39, 0.29) is 0 Å². The van der Waals surface area contributed by atoms with Crippen molar-refractivity contribution in [2.24, 2.45) is 0 Å². The normalized spacial score (nSPS) is 15.9. The predicted octanol–water partition coefficient (Wildman–Crippen LogP) is 3.53. The molecule has 2 aromatic heterocycles. The molecule has 4 rings (SSSR count). The van der Waals surface area contributed by atoms with Crippen LogP contribution in [0.15, 0.2) is 53.8 Å². The van der Waals surface area contributed by atoms with Gasteiger partial charge in [-0.15, -0.1) is 0 Å². The van der Waals surface area contributed by atoms with E-state index in [0.29, 0.717) is 23.6 Å². The molecular weight excluding hydrogens is 356 g/mol. The fourth-order valence-corrected chi connectivity index (χ4v) is 3.81. The monoisotopic (exact) mass is 375 g/mol. The number of pyridine rings is 1. The molecule has 3 heterocycles. The number of rotatable bonds is 5. The Balaban J connectivity index is 1.49. The minimum absolute atomic E-state index is 0.369. The van der Waals surface area contributed by atoms with Crippen LogP contribution in [-0.4, -0.2) is 51.4 Å². The van der Waals surface area contributed by atoms with Gasteiger partial charge in [0.2, 0.25) is 0 Å². The zero-order valence-corrected chi connectivity index (χ0v) is 14.9. The van der Waals surface area contributed by atoms with Crippen molar-refractivity contribution in [2.45, 2.75) is 17.6 Å². The van der Waals surface area contributed by atoms with Crippen molar-refractivity contribution >= 4 is 28.6 Å². The van der Waals surface area contributed by atoms with Crippen LogP contribution in [-0.2, 0) is 6.67 Å². The number of imidazole rings is 1. The van der Waals surface area contributed by atoms with Gasteiger partial charge in [0.15, 0.2) is 5.16 Å². The molecule has 0 unspecified atom stereocenters. The van der Waals surface area contributed by atoms with E-state index in [9.17, 15) is 8.78 Å². The van der Waals surface area contributed by atoms with Gasteiger partial charge in [0.1, 0.15) is 5.82 Å². The molecule has 1 aliphatic rings. The second kappa shape index (κ2) is 7.59. The van der Waals surface area contributed by atoms with E-state index >= 15 is 0 Å². The number of halogens is 2. The number of piperazine rings is 1. The topological polar surface area (TPSA) is 37.2 Å². The average molecular weight is 375 g/mol. The maximum absolute atomic E-state index is 12.9. The second-order valence-corrected chi connectivity index (χ2v) is 7.08. The zero-order valence-electron chi connectivity index (χ0n) is 14.1. The summed E-state index contributed by atoms with van der Waals surface area (Å²) < 4.78 is 27.7. The molecule has 0 aliphatic carbocycles. The van der Waals surface area contributed by atoms with E-state index in [1.54, 1.807) is 6.20 Å². The molecule has 0 N–H and O–H groups in total. The highest BCUT2D eigenvalue weighted by Crippen LogP contribution is 2.29.